The summed E-state index contributed by atoms with van der Waals surface area (Å²) in [7, 11) is 0. The Hall–Kier alpha value is -2.61. The number of hydrogen-bond donors (Lipinski definition) is 0. The van der Waals surface area contributed by atoms with Crippen molar-refractivity contribution in [3.8, 4) is 0 Å². The van der Waals surface area contributed by atoms with E-state index < -0.39 is 22.9 Å². The molecule has 0 saturated heterocycles. The van der Waals surface area contributed by atoms with Gasteiger partial charge in [-0.15, -0.1) is 11.8 Å². The van der Waals surface area contributed by atoms with Crippen LogP contribution in [0.5, 0.6) is 0 Å². The Morgan fingerprint density at radius 2 is 1.92 bits per heavy atom. The first-order chi connectivity index (χ1) is 12.1. The molecule has 0 bridgehead atoms. The van der Waals surface area contributed by atoms with Crippen LogP contribution < -0.4 is 16.1 Å². The zero-order valence-corrected chi connectivity index (χ0v) is 13.7. The fourth-order valence-corrected chi connectivity index (χ4v) is 3.89. The third-order valence-electron chi connectivity index (χ3n) is 4.00. The molecule has 0 saturated carbocycles. The highest BCUT2D eigenvalue weighted by molar-refractivity contribution is 7.99. The van der Waals surface area contributed by atoms with Crippen LogP contribution in [0.1, 0.15) is 5.56 Å². The molecule has 0 aliphatic carbocycles. The first-order valence-corrected chi connectivity index (χ1v) is 8.54. The molecule has 8 heteroatoms. The summed E-state index contributed by atoms with van der Waals surface area (Å²) < 4.78 is 29.8. The third kappa shape index (κ3) is 2.53. The van der Waals surface area contributed by atoms with E-state index >= 15 is 0 Å². The van der Waals surface area contributed by atoms with Crippen LogP contribution in [-0.4, -0.2) is 15.1 Å². The van der Waals surface area contributed by atoms with Crippen molar-refractivity contribution in [3.05, 3.63) is 74.4 Å². The third-order valence-corrected chi connectivity index (χ3v) is 5.05. The minimum atomic E-state index is -1.12. The van der Waals surface area contributed by atoms with Crippen molar-refractivity contribution in [2.75, 3.05) is 5.75 Å². The summed E-state index contributed by atoms with van der Waals surface area (Å²) in [6.07, 6.45) is 0. The second-order valence-electron chi connectivity index (χ2n) is 5.54. The van der Waals surface area contributed by atoms with Crippen molar-refractivity contribution in [2.45, 2.75) is 18.0 Å². The van der Waals surface area contributed by atoms with Crippen LogP contribution in [0, 0.1) is 11.6 Å². The van der Waals surface area contributed by atoms with Gasteiger partial charge in [0.15, 0.2) is 11.6 Å². The first kappa shape index (κ1) is 15.9. The van der Waals surface area contributed by atoms with Gasteiger partial charge in [-0.25, -0.2) is 13.6 Å². The fraction of sp³-hybridized carbons (Fsp3) is 0.176. The highest BCUT2D eigenvalue weighted by atomic mass is 32.2. The number of aryl methyl sites for hydroxylation is 1. The topological polar surface area (TPSA) is 53.2 Å². The van der Waals surface area contributed by atoms with Gasteiger partial charge in [-0.1, -0.05) is 35.1 Å². The molecule has 0 atom stereocenters. The molecular formula is C17H12F2N2O3S. The Labute approximate surface area is 144 Å². The monoisotopic (exact) mass is 362 g/mol. The number of thioether (sulfide) groups is 1. The number of rotatable bonds is 3. The Morgan fingerprint density at radius 1 is 1.16 bits per heavy atom. The molecule has 0 unspecified atom stereocenters. The molecule has 4 rings (SSSR count). The van der Waals surface area contributed by atoms with Gasteiger partial charge in [-0.05, 0) is 11.6 Å². The van der Waals surface area contributed by atoms with E-state index in [-0.39, 0.29) is 29.0 Å². The molecule has 1 aliphatic rings. The van der Waals surface area contributed by atoms with Crippen molar-refractivity contribution < 1.29 is 13.6 Å². The quantitative estimate of drug-likeness (QED) is 0.717. The van der Waals surface area contributed by atoms with Gasteiger partial charge in [0.05, 0.1) is 15.8 Å². The summed E-state index contributed by atoms with van der Waals surface area (Å²) in [4.78, 5) is 30.6. The summed E-state index contributed by atoms with van der Waals surface area (Å²) in [6.45, 7) is 0.291. The van der Waals surface area contributed by atoms with Crippen LogP contribution in [0.3, 0.4) is 0 Å². The van der Waals surface area contributed by atoms with E-state index in [1.54, 1.807) is 24.3 Å². The molecule has 25 heavy (non-hydrogen) atoms. The van der Waals surface area contributed by atoms with Crippen LogP contribution >= 0.6 is 11.8 Å². The fourth-order valence-electron chi connectivity index (χ4n) is 2.83. The molecule has 0 radical (unpaired) electrons. The highest BCUT2D eigenvalue weighted by Crippen LogP contribution is 2.33. The van der Waals surface area contributed by atoms with E-state index in [9.17, 15) is 18.4 Å². The molecule has 0 spiro atoms. The Bertz CT molecular complexity index is 1090. The van der Waals surface area contributed by atoms with Gasteiger partial charge in [0.1, 0.15) is 6.61 Å². The Kier molecular flexibility index (Phi) is 3.84. The lowest BCUT2D eigenvalue weighted by Gasteiger charge is -2.20. The van der Waals surface area contributed by atoms with Crippen LogP contribution in [0.2, 0.25) is 0 Å². The molecule has 1 aliphatic heterocycles. The summed E-state index contributed by atoms with van der Waals surface area (Å²) >= 11 is 1.09. The zero-order valence-electron chi connectivity index (χ0n) is 12.9. The lowest BCUT2D eigenvalue weighted by atomic mass is 10.2. The lowest BCUT2D eigenvalue weighted by Crippen LogP contribution is -2.44. The minimum Gasteiger partial charge on any atom is -0.401 e. The van der Waals surface area contributed by atoms with E-state index in [1.807, 2.05) is 6.07 Å². The van der Waals surface area contributed by atoms with Gasteiger partial charge >= 0.3 is 5.69 Å². The maximum atomic E-state index is 14.0. The predicted octanol–water partition coefficient (Wildman–Crippen LogP) is 2.18. The second kappa shape index (κ2) is 6.03. The average molecular weight is 362 g/mol. The van der Waals surface area contributed by atoms with E-state index in [2.05, 4.69) is 0 Å². The van der Waals surface area contributed by atoms with E-state index in [0.717, 1.165) is 23.4 Å². The summed E-state index contributed by atoms with van der Waals surface area (Å²) in [5.74, 6) is -1.75. The largest absolute Gasteiger partial charge is 0.401 e. The number of nitrogens with zero attached hydrogens (tertiary/aromatic N) is 2. The maximum absolute atomic E-state index is 14.0. The van der Waals surface area contributed by atoms with Gasteiger partial charge in [-0.3, -0.25) is 9.36 Å². The summed E-state index contributed by atoms with van der Waals surface area (Å²) in [5.41, 5.74) is -0.588. The highest BCUT2D eigenvalue weighted by Gasteiger charge is 2.25. The molecule has 0 amide bonds. The van der Waals surface area contributed by atoms with Gasteiger partial charge < -0.3 is 4.84 Å². The van der Waals surface area contributed by atoms with Crippen molar-refractivity contribution in [3.63, 3.8) is 0 Å². The van der Waals surface area contributed by atoms with Crippen molar-refractivity contribution >= 4 is 22.7 Å². The van der Waals surface area contributed by atoms with Crippen LogP contribution in [0.4, 0.5) is 8.78 Å². The molecular weight excluding hydrogens is 350 g/mol. The number of aromatic nitrogens is 2. The minimum absolute atomic E-state index is 0.00672. The summed E-state index contributed by atoms with van der Waals surface area (Å²) in [5, 5.41) is -0.0752. The normalized spacial score (nSPS) is 13.2. The van der Waals surface area contributed by atoms with Crippen molar-refractivity contribution in [1.29, 1.82) is 0 Å². The smallest absolute Gasteiger partial charge is 0.365 e. The van der Waals surface area contributed by atoms with Crippen LogP contribution in [0.25, 0.3) is 10.9 Å². The Balaban J connectivity index is 1.91. The first-order valence-electron chi connectivity index (χ1n) is 7.55. The molecule has 3 aromatic rings. The molecule has 2 heterocycles. The van der Waals surface area contributed by atoms with Gasteiger partial charge in [0, 0.05) is 12.3 Å². The van der Waals surface area contributed by atoms with Crippen molar-refractivity contribution in [2.24, 2.45) is 0 Å². The molecule has 0 fully saturated rings. The molecule has 5 nitrogen and oxygen atoms in total. The number of benzene rings is 2. The standard InChI is InChI=1S/C17H12F2N2O3S/c18-12-8-11-14-15(13(12)19)25-7-6-20(14)17(23)21(16(11)22)24-9-10-4-2-1-3-5-10/h1-5,8H,6-7,9H2. The summed E-state index contributed by atoms with van der Waals surface area (Å²) in [6, 6.07) is 9.84. The van der Waals surface area contributed by atoms with E-state index in [1.165, 1.54) is 4.57 Å². The maximum Gasteiger partial charge on any atom is 0.365 e. The van der Waals surface area contributed by atoms with Crippen molar-refractivity contribution in [1.82, 2.24) is 9.30 Å². The van der Waals surface area contributed by atoms with Crippen LogP contribution in [-0.2, 0) is 13.2 Å². The second-order valence-corrected chi connectivity index (χ2v) is 6.64. The zero-order chi connectivity index (χ0) is 17.6. The molecule has 0 N–H and O–H groups in total. The number of halogens is 2. The lowest BCUT2D eigenvalue weighted by molar-refractivity contribution is 0.0773. The van der Waals surface area contributed by atoms with E-state index in [0.29, 0.717) is 10.5 Å². The van der Waals surface area contributed by atoms with Gasteiger partial charge in [0.2, 0.25) is 0 Å². The van der Waals surface area contributed by atoms with Gasteiger partial charge in [0.25, 0.3) is 5.56 Å². The molecule has 128 valence electrons. The average Bonchev–Trinajstić information content (AvgIpc) is 2.64. The van der Waals surface area contributed by atoms with Gasteiger partial charge in [-0.2, -0.15) is 0 Å². The SMILES string of the molecule is O=c1c2cc(F)c(F)c3c2n(c(=O)n1OCc1ccccc1)CCS3. The molecule has 2 aromatic carbocycles. The van der Waals surface area contributed by atoms with Crippen LogP contribution in [0.15, 0.2) is 50.9 Å². The Morgan fingerprint density at radius 3 is 2.68 bits per heavy atom. The van der Waals surface area contributed by atoms with E-state index in [4.69, 9.17) is 4.84 Å². The predicted molar refractivity (Wildman–Crippen MR) is 89.8 cm³/mol. The molecule has 1 aromatic heterocycles. The number of hydrogen-bond acceptors (Lipinski definition) is 4.